The van der Waals surface area contributed by atoms with E-state index < -0.39 is 12.1 Å². The maximum atomic E-state index is 12.2. The Morgan fingerprint density at radius 3 is 2.71 bits per heavy atom. The van der Waals surface area contributed by atoms with Gasteiger partial charge in [-0.2, -0.15) is 5.26 Å². The second-order valence-corrected chi connectivity index (χ2v) is 6.74. The van der Waals surface area contributed by atoms with Gasteiger partial charge in [-0.25, -0.2) is 9.78 Å². The highest BCUT2D eigenvalue weighted by Crippen LogP contribution is 2.27. The topological polar surface area (TPSA) is 81.4 Å². The molecule has 1 heterocycles. The fourth-order valence-electron chi connectivity index (χ4n) is 2.38. The molecule has 28 heavy (non-hydrogen) atoms. The minimum atomic E-state index is -0.774. The number of nitriles is 1. The molecule has 0 amide bonds. The van der Waals surface area contributed by atoms with E-state index in [9.17, 15) is 4.79 Å². The molecule has 142 valence electrons. The average Bonchev–Trinajstić information content (AvgIpc) is 3.21. The normalized spacial score (nSPS) is 11.3. The predicted octanol–water partition coefficient (Wildman–Crippen LogP) is 4.20. The van der Waals surface area contributed by atoms with Gasteiger partial charge in [-0.1, -0.05) is 12.1 Å². The zero-order valence-electron chi connectivity index (χ0n) is 15.4. The number of nitrogens with zero attached hydrogens (tertiary/aromatic N) is 2. The van der Waals surface area contributed by atoms with Crippen molar-refractivity contribution >= 4 is 17.3 Å². The molecule has 0 radical (unpaired) electrons. The molecule has 0 fully saturated rings. The van der Waals surface area contributed by atoms with Gasteiger partial charge in [0.1, 0.15) is 23.1 Å². The van der Waals surface area contributed by atoms with Crippen molar-refractivity contribution in [1.29, 1.82) is 5.26 Å². The Kier molecular flexibility index (Phi) is 6.25. The van der Waals surface area contributed by atoms with E-state index in [1.807, 2.05) is 35.7 Å². The molecule has 0 saturated heterocycles. The molecular formula is C21H18N2O4S. The van der Waals surface area contributed by atoms with E-state index in [1.54, 1.807) is 38.3 Å². The van der Waals surface area contributed by atoms with Crippen LogP contribution in [0.1, 0.15) is 18.2 Å². The first-order valence-electron chi connectivity index (χ1n) is 8.51. The van der Waals surface area contributed by atoms with Gasteiger partial charge in [0.2, 0.25) is 0 Å². The second-order valence-electron chi connectivity index (χ2n) is 5.88. The van der Waals surface area contributed by atoms with Crippen LogP contribution in [-0.2, 0) is 16.1 Å². The van der Waals surface area contributed by atoms with E-state index >= 15 is 0 Å². The lowest BCUT2D eigenvalue weighted by Gasteiger charge is -2.13. The number of aromatic nitrogens is 1. The van der Waals surface area contributed by atoms with Crippen LogP contribution in [0.4, 0.5) is 0 Å². The molecule has 0 N–H and O–H groups in total. The highest BCUT2D eigenvalue weighted by molar-refractivity contribution is 7.13. The fourth-order valence-corrected chi connectivity index (χ4v) is 3.19. The number of hydrogen-bond donors (Lipinski definition) is 0. The molecule has 0 saturated carbocycles. The molecule has 0 aliphatic heterocycles. The van der Waals surface area contributed by atoms with E-state index in [0.29, 0.717) is 17.0 Å². The molecule has 1 aromatic heterocycles. The van der Waals surface area contributed by atoms with Crippen LogP contribution in [0.5, 0.6) is 11.5 Å². The van der Waals surface area contributed by atoms with Crippen LogP contribution in [0, 0.1) is 11.3 Å². The lowest BCUT2D eigenvalue weighted by molar-refractivity contribution is -0.152. The second kappa shape index (κ2) is 9.02. The molecule has 0 aliphatic carbocycles. The van der Waals surface area contributed by atoms with Crippen molar-refractivity contribution < 1.29 is 19.0 Å². The summed E-state index contributed by atoms with van der Waals surface area (Å²) in [6.07, 6.45) is -0.774. The SMILES string of the molecule is COc1cccc(-c2nc(COC(=O)[C@@H](C)Oc3ccc(C#N)cc3)cs2)c1. The highest BCUT2D eigenvalue weighted by atomic mass is 32.1. The van der Waals surface area contributed by atoms with Crippen molar-refractivity contribution in [3.63, 3.8) is 0 Å². The lowest BCUT2D eigenvalue weighted by atomic mass is 10.2. The monoisotopic (exact) mass is 394 g/mol. The molecule has 0 spiro atoms. The quantitative estimate of drug-likeness (QED) is 0.559. The molecule has 0 aliphatic rings. The van der Waals surface area contributed by atoms with E-state index in [1.165, 1.54) is 11.3 Å². The summed E-state index contributed by atoms with van der Waals surface area (Å²) in [4.78, 5) is 16.7. The van der Waals surface area contributed by atoms with Crippen molar-refractivity contribution in [1.82, 2.24) is 4.98 Å². The Morgan fingerprint density at radius 2 is 2.00 bits per heavy atom. The largest absolute Gasteiger partial charge is 0.497 e. The van der Waals surface area contributed by atoms with Gasteiger partial charge in [-0.05, 0) is 43.3 Å². The molecule has 2 aromatic carbocycles. The number of rotatable bonds is 7. The maximum absolute atomic E-state index is 12.2. The zero-order chi connectivity index (χ0) is 19.9. The van der Waals surface area contributed by atoms with Gasteiger partial charge >= 0.3 is 5.97 Å². The van der Waals surface area contributed by atoms with E-state index in [2.05, 4.69) is 4.98 Å². The van der Waals surface area contributed by atoms with Gasteiger partial charge in [0.05, 0.1) is 24.4 Å². The van der Waals surface area contributed by atoms with E-state index in [-0.39, 0.29) is 6.61 Å². The third kappa shape index (κ3) is 4.87. The Morgan fingerprint density at radius 1 is 1.21 bits per heavy atom. The first kappa shape index (κ1) is 19.4. The van der Waals surface area contributed by atoms with E-state index in [4.69, 9.17) is 19.5 Å². The van der Waals surface area contributed by atoms with Crippen LogP contribution < -0.4 is 9.47 Å². The Hall–Kier alpha value is -3.37. The van der Waals surface area contributed by atoms with Crippen LogP contribution in [0.3, 0.4) is 0 Å². The first-order valence-corrected chi connectivity index (χ1v) is 9.39. The number of ether oxygens (including phenoxy) is 3. The van der Waals surface area contributed by atoms with Crippen molar-refractivity contribution in [2.45, 2.75) is 19.6 Å². The molecule has 0 unspecified atom stereocenters. The zero-order valence-corrected chi connectivity index (χ0v) is 16.2. The summed E-state index contributed by atoms with van der Waals surface area (Å²) >= 11 is 1.47. The molecule has 1 atom stereocenters. The van der Waals surface area contributed by atoms with Gasteiger partial charge in [0, 0.05) is 10.9 Å². The van der Waals surface area contributed by atoms with Crippen LogP contribution in [0.25, 0.3) is 10.6 Å². The highest BCUT2D eigenvalue weighted by Gasteiger charge is 2.17. The summed E-state index contributed by atoms with van der Waals surface area (Å²) in [5.74, 6) is 0.771. The van der Waals surface area contributed by atoms with E-state index in [0.717, 1.165) is 16.3 Å². The lowest BCUT2D eigenvalue weighted by Crippen LogP contribution is -2.26. The van der Waals surface area contributed by atoms with Crippen molar-refractivity contribution in [3.05, 3.63) is 65.2 Å². The number of benzene rings is 2. The number of thiazole rings is 1. The summed E-state index contributed by atoms with van der Waals surface area (Å²) in [6.45, 7) is 1.68. The fraction of sp³-hybridized carbons (Fsp3) is 0.190. The molecule has 3 aromatic rings. The van der Waals surface area contributed by atoms with Gasteiger partial charge in [-0.15, -0.1) is 11.3 Å². The van der Waals surface area contributed by atoms with Gasteiger partial charge in [0.15, 0.2) is 6.10 Å². The summed E-state index contributed by atoms with van der Waals surface area (Å²) < 4.78 is 16.1. The number of esters is 1. The van der Waals surface area contributed by atoms with Crippen LogP contribution in [0.2, 0.25) is 0 Å². The van der Waals surface area contributed by atoms with Gasteiger partial charge < -0.3 is 14.2 Å². The summed E-state index contributed by atoms with van der Waals surface area (Å²) in [7, 11) is 1.62. The number of hydrogen-bond acceptors (Lipinski definition) is 7. The van der Waals surface area contributed by atoms with Crippen LogP contribution in [0.15, 0.2) is 53.9 Å². The summed E-state index contributed by atoms with van der Waals surface area (Å²) in [5, 5.41) is 11.5. The van der Waals surface area contributed by atoms with Crippen LogP contribution in [-0.4, -0.2) is 24.2 Å². The first-order chi connectivity index (χ1) is 13.6. The number of carbonyl (C=O) groups excluding carboxylic acids is 1. The van der Waals surface area contributed by atoms with Gasteiger partial charge in [-0.3, -0.25) is 0 Å². The predicted molar refractivity (Wildman–Crippen MR) is 105 cm³/mol. The molecular weight excluding hydrogens is 376 g/mol. The molecule has 7 heteroatoms. The Bertz CT molecular complexity index is 992. The average molecular weight is 394 g/mol. The van der Waals surface area contributed by atoms with Crippen LogP contribution >= 0.6 is 11.3 Å². The number of methoxy groups -OCH3 is 1. The van der Waals surface area contributed by atoms with Crippen molar-refractivity contribution in [3.8, 4) is 28.1 Å². The smallest absolute Gasteiger partial charge is 0.347 e. The standard InChI is InChI=1S/C21H18N2O4S/c1-14(27-18-8-6-15(11-22)7-9-18)21(24)26-12-17-13-28-20(23-17)16-4-3-5-19(10-16)25-2/h3-10,13-14H,12H2,1-2H3/t14-/m1/s1. The molecule has 6 nitrogen and oxygen atoms in total. The Labute approximate surface area is 166 Å². The third-order valence-electron chi connectivity index (χ3n) is 3.86. The third-order valence-corrected chi connectivity index (χ3v) is 4.80. The van der Waals surface area contributed by atoms with Crippen molar-refractivity contribution in [2.75, 3.05) is 7.11 Å². The Balaban J connectivity index is 1.55. The molecule has 0 bridgehead atoms. The minimum Gasteiger partial charge on any atom is -0.497 e. The van der Waals surface area contributed by atoms with Crippen molar-refractivity contribution in [2.24, 2.45) is 0 Å². The summed E-state index contributed by atoms with van der Waals surface area (Å²) in [6, 6.07) is 16.2. The summed E-state index contributed by atoms with van der Waals surface area (Å²) in [5.41, 5.74) is 2.14. The number of carbonyl (C=O) groups is 1. The molecule has 3 rings (SSSR count). The maximum Gasteiger partial charge on any atom is 0.347 e. The van der Waals surface area contributed by atoms with Gasteiger partial charge in [0.25, 0.3) is 0 Å². The minimum absolute atomic E-state index is 0.0698.